The van der Waals surface area contributed by atoms with Crippen LogP contribution in [0.25, 0.3) is 127 Å². The van der Waals surface area contributed by atoms with E-state index < -0.39 is 0 Å². The number of hydrogen-bond acceptors (Lipinski definition) is 4. The fourth-order valence-corrected chi connectivity index (χ4v) is 9.51. The molecule has 0 fully saturated rings. The second kappa shape index (κ2) is 12.7. The molecule has 13 aromatic rings. The first-order chi connectivity index (χ1) is 29.7. The lowest BCUT2D eigenvalue weighted by Crippen LogP contribution is -2.01. The Morgan fingerprint density at radius 2 is 0.983 bits per heavy atom. The molecule has 0 aliphatic rings. The van der Waals surface area contributed by atoms with Crippen LogP contribution in [0.4, 0.5) is 0 Å². The zero-order chi connectivity index (χ0) is 39.3. The molecular formula is C55H32N4O. The van der Waals surface area contributed by atoms with E-state index in [0.29, 0.717) is 17.5 Å². The SMILES string of the molecule is c1ccc(-c2ccc3cc4c5c(c3c2)c2ccccc2c2cccc(c25)n4-c2cccc(-c3nc(-c4ccccc4)nc(-c4cccc5c4oc4ccccc45)n3)c2)cc1. The minimum absolute atomic E-state index is 0.560. The zero-order valence-electron chi connectivity index (χ0n) is 32.2. The van der Waals surface area contributed by atoms with Crippen molar-refractivity contribution >= 4 is 76.1 Å². The third kappa shape index (κ3) is 4.84. The monoisotopic (exact) mass is 764 g/mol. The van der Waals surface area contributed by atoms with E-state index in [4.69, 9.17) is 19.4 Å². The highest BCUT2D eigenvalue weighted by molar-refractivity contribution is 6.39. The van der Waals surface area contributed by atoms with Gasteiger partial charge in [0, 0.05) is 43.7 Å². The van der Waals surface area contributed by atoms with Crippen molar-refractivity contribution < 1.29 is 4.42 Å². The van der Waals surface area contributed by atoms with Gasteiger partial charge in [0.1, 0.15) is 11.2 Å². The van der Waals surface area contributed by atoms with Gasteiger partial charge >= 0.3 is 0 Å². The molecule has 0 atom stereocenters. The van der Waals surface area contributed by atoms with Crippen molar-refractivity contribution in [1.82, 2.24) is 19.5 Å². The first kappa shape index (κ1) is 32.9. The maximum atomic E-state index is 6.48. The van der Waals surface area contributed by atoms with Crippen molar-refractivity contribution in [2.45, 2.75) is 0 Å². The van der Waals surface area contributed by atoms with Crippen molar-refractivity contribution in [2.24, 2.45) is 0 Å². The highest BCUT2D eigenvalue weighted by atomic mass is 16.3. The highest BCUT2D eigenvalue weighted by Gasteiger charge is 2.23. The van der Waals surface area contributed by atoms with Gasteiger partial charge in [-0.3, -0.25) is 0 Å². The van der Waals surface area contributed by atoms with E-state index in [2.05, 4.69) is 138 Å². The first-order valence-corrected chi connectivity index (χ1v) is 20.3. The van der Waals surface area contributed by atoms with E-state index in [9.17, 15) is 0 Å². The fraction of sp³-hybridized carbons (Fsp3) is 0. The van der Waals surface area contributed by atoms with Crippen LogP contribution in [0, 0.1) is 0 Å². The second-order valence-electron chi connectivity index (χ2n) is 15.5. The normalized spacial score (nSPS) is 12.0. The number of para-hydroxylation sites is 2. The molecule has 60 heavy (non-hydrogen) atoms. The summed E-state index contributed by atoms with van der Waals surface area (Å²) in [5.74, 6) is 1.75. The Hall–Kier alpha value is -8.15. The van der Waals surface area contributed by atoms with Crippen LogP contribution in [-0.4, -0.2) is 19.5 Å². The lowest BCUT2D eigenvalue weighted by Gasteiger charge is -2.13. The van der Waals surface area contributed by atoms with Crippen molar-refractivity contribution in [3.05, 3.63) is 194 Å². The lowest BCUT2D eigenvalue weighted by atomic mass is 9.90. The molecular weight excluding hydrogens is 733 g/mol. The third-order valence-corrected chi connectivity index (χ3v) is 12.2. The molecule has 0 amide bonds. The van der Waals surface area contributed by atoms with E-state index in [-0.39, 0.29) is 0 Å². The molecule has 0 saturated carbocycles. The number of fused-ring (bicyclic) bond motifs is 8. The van der Waals surface area contributed by atoms with E-state index >= 15 is 0 Å². The van der Waals surface area contributed by atoms with Gasteiger partial charge in [-0.05, 0) is 80.5 Å². The van der Waals surface area contributed by atoms with Gasteiger partial charge < -0.3 is 8.98 Å². The summed E-state index contributed by atoms with van der Waals surface area (Å²) in [5.41, 5.74) is 10.00. The Morgan fingerprint density at radius 1 is 0.350 bits per heavy atom. The van der Waals surface area contributed by atoms with Gasteiger partial charge in [0.25, 0.3) is 0 Å². The largest absolute Gasteiger partial charge is 0.455 e. The van der Waals surface area contributed by atoms with Crippen LogP contribution in [-0.2, 0) is 0 Å². The van der Waals surface area contributed by atoms with Crippen LogP contribution in [0.5, 0.6) is 0 Å². The summed E-state index contributed by atoms with van der Waals surface area (Å²) in [4.78, 5) is 15.4. The topological polar surface area (TPSA) is 56.7 Å². The molecule has 5 nitrogen and oxygen atoms in total. The molecule has 0 aliphatic carbocycles. The molecule has 13 rings (SSSR count). The van der Waals surface area contributed by atoms with Gasteiger partial charge in [-0.25, -0.2) is 15.0 Å². The Bertz CT molecular complexity index is 3830. The molecule has 278 valence electrons. The van der Waals surface area contributed by atoms with Crippen molar-refractivity contribution in [3.63, 3.8) is 0 Å². The molecule has 0 N–H and O–H groups in total. The maximum absolute atomic E-state index is 6.48. The van der Waals surface area contributed by atoms with Crippen LogP contribution in [0.15, 0.2) is 199 Å². The summed E-state index contributed by atoms with van der Waals surface area (Å²) >= 11 is 0. The van der Waals surface area contributed by atoms with Crippen molar-refractivity contribution in [2.75, 3.05) is 0 Å². The molecule has 0 bridgehead atoms. The van der Waals surface area contributed by atoms with E-state index in [1.165, 1.54) is 54.2 Å². The highest BCUT2D eigenvalue weighted by Crippen LogP contribution is 2.47. The summed E-state index contributed by atoms with van der Waals surface area (Å²) in [7, 11) is 0. The van der Waals surface area contributed by atoms with Gasteiger partial charge in [0.15, 0.2) is 17.5 Å². The number of rotatable bonds is 5. The molecule has 0 spiro atoms. The molecule has 5 heteroatoms. The Morgan fingerprint density at radius 3 is 1.83 bits per heavy atom. The van der Waals surface area contributed by atoms with E-state index in [1.54, 1.807) is 0 Å². The zero-order valence-corrected chi connectivity index (χ0v) is 32.2. The predicted molar refractivity (Wildman–Crippen MR) is 247 cm³/mol. The number of nitrogens with zero attached hydrogens (tertiary/aromatic N) is 4. The van der Waals surface area contributed by atoms with E-state index in [1.807, 2.05) is 60.7 Å². The Balaban J connectivity index is 1.06. The van der Waals surface area contributed by atoms with E-state index in [0.717, 1.165) is 55.3 Å². The van der Waals surface area contributed by atoms with Crippen molar-refractivity contribution in [1.29, 1.82) is 0 Å². The standard InChI is InChI=1S/C55H32N4O/c1-3-14-33(15-4-1)35-28-29-36-32-47-51-49(45(36)31-35)41-22-8-7-20-39(41)42-23-13-26-46(50(42)51)59(47)38-19-11-18-37(30-38)54-56-53(34-16-5-2-6-17-34)57-55(58-54)44-25-12-24-43-40-21-9-10-27-48(40)60-52(43)44/h1-32H. The van der Waals surface area contributed by atoms with Gasteiger partial charge in [-0.15, -0.1) is 0 Å². The van der Waals surface area contributed by atoms with Crippen molar-refractivity contribution in [3.8, 4) is 51.0 Å². The molecule has 0 unspecified atom stereocenters. The summed E-state index contributed by atoms with van der Waals surface area (Å²) in [6.07, 6.45) is 0. The summed E-state index contributed by atoms with van der Waals surface area (Å²) in [5, 5.41) is 12.1. The smallest absolute Gasteiger partial charge is 0.167 e. The van der Waals surface area contributed by atoms with Crippen LogP contribution in [0.2, 0.25) is 0 Å². The maximum Gasteiger partial charge on any atom is 0.167 e. The first-order valence-electron chi connectivity index (χ1n) is 20.3. The Labute approximate surface area is 343 Å². The molecule has 0 aliphatic heterocycles. The van der Waals surface area contributed by atoms with Crippen LogP contribution in [0.1, 0.15) is 0 Å². The Kier molecular flexibility index (Phi) is 6.95. The number of furan rings is 1. The average Bonchev–Trinajstić information content (AvgIpc) is 3.87. The summed E-state index contributed by atoms with van der Waals surface area (Å²) in [6.45, 7) is 0. The molecule has 3 heterocycles. The average molecular weight is 765 g/mol. The quantitative estimate of drug-likeness (QED) is 0.164. The van der Waals surface area contributed by atoms with Gasteiger partial charge in [0.2, 0.25) is 0 Å². The summed E-state index contributed by atoms with van der Waals surface area (Å²) < 4.78 is 8.91. The van der Waals surface area contributed by atoms with Gasteiger partial charge in [0.05, 0.1) is 16.6 Å². The number of benzene rings is 10. The lowest BCUT2D eigenvalue weighted by molar-refractivity contribution is 0.669. The number of aromatic nitrogens is 4. The molecule has 0 radical (unpaired) electrons. The summed E-state index contributed by atoms with van der Waals surface area (Å²) in [6, 6.07) is 68.6. The van der Waals surface area contributed by atoms with Gasteiger partial charge in [-0.1, -0.05) is 152 Å². The molecule has 0 saturated heterocycles. The van der Waals surface area contributed by atoms with Crippen LogP contribution in [0.3, 0.4) is 0 Å². The van der Waals surface area contributed by atoms with Crippen LogP contribution >= 0.6 is 0 Å². The van der Waals surface area contributed by atoms with Gasteiger partial charge in [-0.2, -0.15) is 0 Å². The second-order valence-corrected chi connectivity index (χ2v) is 15.5. The predicted octanol–water partition coefficient (Wildman–Crippen LogP) is 14.4. The molecule has 3 aromatic heterocycles. The van der Waals surface area contributed by atoms with Crippen LogP contribution < -0.4 is 0 Å². The minimum atomic E-state index is 0.560. The molecule has 10 aromatic carbocycles. The number of hydrogen-bond donors (Lipinski definition) is 0. The fourth-order valence-electron chi connectivity index (χ4n) is 9.51. The third-order valence-electron chi connectivity index (χ3n) is 12.2. The minimum Gasteiger partial charge on any atom is -0.455 e.